The highest BCUT2D eigenvalue weighted by Crippen LogP contribution is 2.30. The van der Waals surface area contributed by atoms with E-state index in [2.05, 4.69) is 43.5 Å². The zero-order valence-corrected chi connectivity index (χ0v) is 46.6. The van der Waals surface area contributed by atoms with Gasteiger partial charge < -0.3 is 65.1 Å². The van der Waals surface area contributed by atoms with Crippen LogP contribution in [0.1, 0.15) is 245 Å². The molecule has 2 heterocycles. The van der Waals surface area contributed by atoms with Gasteiger partial charge in [-0.15, -0.1) is 0 Å². The molecule has 12 unspecified atom stereocenters. The maximum absolute atomic E-state index is 13.3. The Bertz CT molecular complexity index is 1380. The second-order valence-corrected chi connectivity index (χ2v) is 21.5. The molecule has 0 aliphatic carbocycles. The van der Waals surface area contributed by atoms with Gasteiger partial charge in [0.2, 0.25) is 5.91 Å². The van der Waals surface area contributed by atoms with Crippen molar-refractivity contribution in [1.82, 2.24) is 5.32 Å². The van der Waals surface area contributed by atoms with Gasteiger partial charge in [-0.2, -0.15) is 0 Å². The van der Waals surface area contributed by atoms with Gasteiger partial charge >= 0.3 is 0 Å². The topological polar surface area (TPSA) is 228 Å². The summed E-state index contributed by atoms with van der Waals surface area (Å²) in [5.74, 6) is -0.250. The minimum atomic E-state index is -1.79. The molecular weight excluding hydrogens is 943 g/mol. The maximum atomic E-state index is 13.3. The van der Waals surface area contributed by atoms with Crippen molar-refractivity contribution in [3.63, 3.8) is 0 Å². The number of nitrogens with one attached hydrogen (secondary N) is 1. The van der Waals surface area contributed by atoms with Crippen LogP contribution < -0.4 is 5.32 Å². The molecule has 2 aliphatic rings. The fourth-order valence-corrected chi connectivity index (χ4v) is 9.89. The Morgan fingerprint density at radius 1 is 0.473 bits per heavy atom. The highest BCUT2D eigenvalue weighted by Gasteiger charge is 2.51. The molecule has 0 aromatic carbocycles. The van der Waals surface area contributed by atoms with Gasteiger partial charge in [0.15, 0.2) is 12.6 Å². The van der Waals surface area contributed by atoms with E-state index in [1.807, 2.05) is 6.08 Å². The smallest absolute Gasteiger partial charge is 0.220 e. The lowest BCUT2D eigenvalue weighted by molar-refractivity contribution is -0.359. The molecule has 0 spiro atoms. The molecule has 0 bridgehead atoms. The van der Waals surface area contributed by atoms with Crippen LogP contribution in [-0.2, 0) is 23.7 Å². The van der Waals surface area contributed by atoms with E-state index in [0.29, 0.717) is 12.8 Å². The number of carbonyl (C=O) groups excluding carboxylic acids is 1. The van der Waals surface area contributed by atoms with Crippen LogP contribution in [0.5, 0.6) is 0 Å². The summed E-state index contributed by atoms with van der Waals surface area (Å²) in [6.07, 6.45) is 39.0. The van der Waals surface area contributed by atoms with E-state index in [1.54, 1.807) is 6.08 Å². The highest BCUT2D eigenvalue weighted by molar-refractivity contribution is 5.76. The third-order valence-corrected chi connectivity index (χ3v) is 14.8. The van der Waals surface area contributed by atoms with Gasteiger partial charge in [-0.25, -0.2) is 0 Å². The van der Waals surface area contributed by atoms with Gasteiger partial charge in [-0.3, -0.25) is 4.79 Å². The van der Waals surface area contributed by atoms with Crippen LogP contribution in [0, 0.1) is 0 Å². The van der Waals surface area contributed by atoms with Crippen LogP contribution >= 0.6 is 0 Å². The van der Waals surface area contributed by atoms with Crippen LogP contribution in [0.4, 0.5) is 0 Å². The van der Waals surface area contributed by atoms with Crippen molar-refractivity contribution in [2.45, 2.75) is 319 Å². The minimum Gasteiger partial charge on any atom is -0.394 e. The van der Waals surface area contributed by atoms with Gasteiger partial charge in [0.1, 0.15) is 48.8 Å². The molecule has 9 N–H and O–H groups in total. The number of hydrogen-bond acceptors (Lipinski definition) is 13. The zero-order valence-electron chi connectivity index (χ0n) is 46.6. The molecule has 74 heavy (non-hydrogen) atoms. The number of hydrogen-bond donors (Lipinski definition) is 9. The molecule has 0 aromatic rings. The number of ether oxygens (including phenoxy) is 4. The molecule has 2 fully saturated rings. The molecule has 0 radical (unpaired) electrons. The van der Waals surface area contributed by atoms with Gasteiger partial charge in [0, 0.05) is 6.42 Å². The summed E-state index contributed by atoms with van der Waals surface area (Å²) in [6, 6.07) is -0.932. The number of rotatable bonds is 48. The minimum absolute atomic E-state index is 0.250. The predicted octanol–water partition coefficient (Wildman–Crippen LogP) is 10.2. The molecule has 12 atom stereocenters. The second-order valence-electron chi connectivity index (χ2n) is 21.5. The summed E-state index contributed by atoms with van der Waals surface area (Å²) in [5.41, 5.74) is 0. The Labute approximate surface area is 449 Å². The Hall–Kier alpha value is -1.79. The molecule has 2 rings (SSSR count). The van der Waals surface area contributed by atoms with Crippen molar-refractivity contribution < 1.29 is 64.6 Å². The van der Waals surface area contributed by atoms with Crippen molar-refractivity contribution in [3.8, 4) is 0 Å². The van der Waals surface area contributed by atoms with Gasteiger partial charge in [0.05, 0.1) is 32.0 Å². The average Bonchev–Trinajstić information content (AvgIpc) is 3.40. The first-order chi connectivity index (χ1) is 36.1. The standard InChI is InChI=1S/C60H111NO13/c1-3-5-7-9-11-13-15-17-19-21-23-24-26-28-30-32-34-36-38-40-42-44-52(65)61-48(49(64)43-41-39-37-35-33-31-29-27-25-22-20-18-16-14-12-10-8-6-4-2)47-71-59-57(70)55(68)58(51(46-63)73-59)74-60-56(69)54(67)53(66)50(45-62)72-60/h21,23,33,35,41,43,48-51,53-60,62-64,66-70H,3-20,22,24-32,34,36-40,42,44-47H2,1-2H3,(H,61,65)/b23-21-,35-33+,43-41+. The summed E-state index contributed by atoms with van der Waals surface area (Å²) >= 11 is 0. The predicted molar refractivity (Wildman–Crippen MR) is 295 cm³/mol. The molecule has 434 valence electrons. The average molecular weight is 1050 g/mol. The van der Waals surface area contributed by atoms with Gasteiger partial charge in [-0.1, -0.05) is 217 Å². The second kappa shape index (κ2) is 46.2. The number of allylic oxidation sites excluding steroid dienone is 5. The van der Waals surface area contributed by atoms with E-state index in [4.69, 9.17) is 18.9 Å². The van der Waals surface area contributed by atoms with Crippen molar-refractivity contribution >= 4 is 5.91 Å². The largest absolute Gasteiger partial charge is 0.394 e. The molecule has 2 aliphatic heterocycles. The van der Waals surface area contributed by atoms with Crippen molar-refractivity contribution in [2.24, 2.45) is 0 Å². The summed E-state index contributed by atoms with van der Waals surface area (Å²) in [6.45, 7) is 2.80. The third kappa shape index (κ3) is 31.6. The molecule has 0 saturated carbocycles. The van der Waals surface area contributed by atoms with E-state index in [1.165, 1.54) is 180 Å². The fraction of sp³-hybridized carbons (Fsp3) is 0.883. The Morgan fingerprint density at radius 3 is 1.32 bits per heavy atom. The lowest BCUT2D eigenvalue weighted by Crippen LogP contribution is -2.65. The van der Waals surface area contributed by atoms with Gasteiger partial charge in [0.25, 0.3) is 0 Å². The summed E-state index contributed by atoms with van der Waals surface area (Å²) in [5, 5.41) is 87.1. The monoisotopic (exact) mass is 1050 g/mol. The summed E-state index contributed by atoms with van der Waals surface area (Å²) < 4.78 is 22.8. The normalized spacial score (nSPS) is 25.4. The maximum Gasteiger partial charge on any atom is 0.220 e. The molecule has 0 aromatic heterocycles. The SMILES string of the molecule is CCCCCCCCCC/C=C\CCCCCCCCCCCC(=O)NC(COC1OC(CO)C(OC2OC(CO)C(O)C(O)C2O)C(O)C1O)C(O)/C=C/CC/C=C/CCCCCCCCCCCCCCC. The van der Waals surface area contributed by atoms with E-state index in [-0.39, 0.29) is 18.9 Å². The van der Waals surface area contributed by atoms with Crippen LogP contribution in [0.15, 0.2) is 36.5 Å². The van der Waals surface area contributed by atoms with Crippen molar-refractivity contribution in [1.29, 1.82) is 0 Å². The first-order valence-corrected chi connectivity index (χ1v) is 30.2. The Balaban J connectivity index is 1.78. The first-order valence-electron chi connectivity index (χ1n) is 30.2. The van der Waals surface area contributed by atoms with Crippen LogP contribution in [-0.4, -0.2) is 140 Å². The Morgan fingerprint density at radius 2 is 0.865 bits per heavy atom. The quantitative estimate of drug-likeness (QED) is 0.0204. The molecule has 1 amide bonds. The zero-order chi connectivity index (χ0) is 53.9. The van der Waals surface area contributed by atoms with Crippen molar-refractivity contribution in [2.75, 3.05) is 19.8 Å². The van der Waals surface area contributed by atoms with E-state index in [0.717, 1.165) is 32.1 Å². The lowest BCUT2D eigenvalue weighted by Gasteiger charge is -2.46. The van der Waals surface area contributed by atoms with E-state index in [9.17, 15) is 45.6 Å². The summed E-state index contributed by atoms with van der Waals surface area (Å²) in [4.78, 5) is 13.3. The molecule has 14 nitrogen and oxygen atoms in total. The Kier molecular flexibility index (Phi) is 42.6. The van der Waals surface area contributed by atoms with E-state index < -0.39 is 86.8 Å². The number of amides is 1. The summed E-state index contributed by atoms with van der Waals surface area (Å²) in [7, 11) is 0. The molecule has 2 saturated heterocycles. The van der Waals surface area contributed by atoms with Crippen LogP contribution in [0.2, 0.25) is 0 Å². The van der Waals surface area contributed by atoms with Crippen LogP contribution in [0.25, 0.3) is 0 Å². The number of aliphatic hydroxyl groups is 8. The highest BCUT2D eigenvalue weighted by atomic mass is 16.7. The third-order valence-electron chi connectivity index (χ3n) is 14.8. The number of unbranched alkanes of at least 4 members (excludes halogenated alkanes) is 31. The van der Waals surface area contributed by atoms with E-state index >= 15 is 0 Å². The first kappa shape index (κ1) is 68.3. The molecular formula is C60H111NO13. The van der Waals surface area contributed by atoms with Crippen LogP contribution in [0.3, 0.4) is 0 Å². The number of carbonyl (C=O) groups is 1. The fourth-order valence-electron chi connectivity index (χ4n) is 9.89. The molecule has 14 heteroatoms. The van der Waals surface area contributed by atoms with Gasteiger partial charge in [-0.05, 0) is 57.8 Å². The van der Waals surface area contributed by atoms with Crippen molar-refractivity contribution in [3.05, 3.63) is 36.5 Å². The lowest BCUT2D eigenvalue weighted by atomic mass is 9.97. The number of aliphatic hydroxyl groups excluding tert-OH is 8.